The Morgan fingerprint density at radius 3 is 2.76 bits per heavy atom. The number of hydrogen-bond donors (Lipinski definition) is 2. The molecule has 3 rings (SSSR count). The molecule has 0 saturated heterocycles. The number of rotatable bonds is 2. The van der Waals surface area contributed by atoms with Crippen molar-refractivity contribution in [2.45, 2.75) is 64.6 Å². The summed E-state index contributed by atoms with van der Waals surface area (Å²) in [7, 11) is 0. The number of carbonyl (C=O) groups excluding carboxylic acids is 1. The molecule has 1 aliphatic carbocycles. The van der Waals surface area contributed by atoms with Gasteiger partial charge in [0.15, 0.2) is 0 Å². The van der Waals surface area contributed by atoms with E-state index in [2.05, 4.69) is 48.7 Å². The second-order valence-corrected chi connectivity index (χ2v) is 7.20. The molecule has 3 nitrogen and oxygen atoms in total. The Hall–Kier alpha value is -1.35. The number of benzene rings is 1. The van der Waals surface area contributed by atoms with Crippen LogP contribution in [0, 0.1) is 5.41 Å². The van der Waals surface area contributed by atoms with Crippen molar-refractivity contribution in [1.82, 2.24) is 10.6 Å². The van der Waals surface area contributed by atoms with E-state index in [1.54, 1.807) is 0 Å². The fourth-order valence-corrected chi connectivity index (χ4v) is 3.67. The van der Waals surface area contributed by atoms with Gasteiger partial charge in [-0.05, 0) is 35.8 Å². The zero-order valence-corrected chi connectivity index (χ0v) is 13.1. The molecule has 0 spiro atoms. The lowest BCUT2D eigenvalue weighted by Gasteiger charge is -2.40. The van der Waals surface area contributed by atoms with Crippen molar-refractivity contribution in [2.75, 3.05) is 0 Å². The summed E-state index contributed by atoms with van der Waals surface area (Å²) in [6.45, 7) is 5.35. The predicted octanol–water partition coefficient (Wildman–Crippen LogP) is 2.79. The molecule has 0 radical (unpaired) electrons. The van der Waals surface area contributed by atoms with E-state index in [0.717, 1.165) is 19.4 Å². The highest BCUT2D eigenvalue weighted by Crippen LogP contribution is 2.35. The Morgan fingerprint density at radius 1 is 1.24 bits per heavy atom. The van der Waals surface area contributed by atoms with Gasteiger partial charge in [-0.1, -0.05) is 51.0 Å². The molecular formula is C18H26N2O. The van der Waals surface area contributed by atoms with Gasteiger partial charge in [0.2, 0.25) is 5.91 Å². The van der Waals surface area contributed by atoms with Crippen LogP contribution < -0.4 is 10.6 Å². The minimum Gasteiger partial charge on any atom is -0.351 e. The Bertz CT molecular complexity index is 524. The Kier molecular flexibility index (Phi) is 4.03. The molecular weight excluding hydrogens is 260 g/mol. The summed E-state index contributed by atoms with van der Waals surface area (Å²) in [4.78, 5) is 12.6. The van der Waals surface area contributed by atoms with E-state index in [-0.39, 0.29) is 17.4 Å². The monoisotopic (exact) mass is 286 g/mol. The Morgan fingerprint density at radius 2 is 2.00 bits per heavy atom. The van der Waals surface area contributed by atoms with Crippen molar-refractivity contribution >= 4 is 5.91 Å². The molecule has 21 heavy (non-hydrogen) atoms. The standard InChI is InChI=1S/C18H26N2O/c1-18(2)10-6-5-9-16(18)20-17(21)15-11-13-7-3-4-8-14(13)12-19-15/h3-4,7-8,15-16,19H,5-6,9-12H2,1-2H3,(H,20,21)/t15-,16?/m0/s1. The smallest absolute Gasteiger partial charge is 0.237 e. The average Bonchev–Trinajstić information content (AvgIpc) is 2.48. The van der Waals surface area contributed by atoms with Gasteiger partial charge in [0.05, 0.1) is 6.04 Å². The second-order valence-electron chi connectivity index (χ2n) is 7.20. The molecule has 1 aromatic carbocycles. The van der Waals surface area contributed by atoms with Gasteiger partial charge < -0.3 is 10.6 Å². The highest BCUT2D eigenvalue weighted by atomic mass is 16.2. The van der Waals surface area contributed by atoms with Gasteiger partial charge in [-0.25, -0.2) is 0 Å². The third kappa shape index (κ3) is 3.13. The van der Waals surface area contributed by atoms with Crippen molar-refractivity contribution < 1.29 is 4.79 Å². The van der Waals surface area contributed by atoms with Gasteiger partial charge in [0.25, 0.3) is 0 Å². The van der Waals surface area contributed by atoms with Crippen LogP contribution in [0.3, 0.4) is 0 Å². The lowest BCUT2D eigenvalue weighted by atomic mass is 9.73. The SMILES string of the molecule is CC1(C)CCCCC1NC(=O)[C@@H]1Cc2ccccc2CN1. The normalized spacial score (nSPS) is 27.7. The quantitative estimate of drug-likeness (QED) is 0.878. The van der Waals surface area contributed by atoms with Crippen LogP contribution in [-0.2, 0) is 17.8 Å². The first-order valence-corrected chi connectivity index (χ1v) is 8.17. The zero-order chi connectivity index (χ0) is 14.9. The number of hydrogen-bond acceptors (Lipinski definition) is 2. The fraction of sp³-hybridized carbons (Fsp3) is 0.611. The molecule has 2 atom stereocenters. The third-order valence-electron chi connectivity index (χ3n) is 5.22. The van der Waals surface area contributed by atoms with Crippen molar-refractivity contribution in [2.24, 2.45) is 5.41 Å². The summed E-state index contributed by atoms with van der Waals surface area (Å²) >= 11 is 0. The van der Waals surface area contributed by atoms with E-state index in [9.17, 15) is 4.79 Å². The van der Waals surface area contributed by atoms with Gasteiger partial charge in [0, 0.05) is 12.6 Å². The molecule has 1 fully saturated rings. The summed E-state index contributed by atoms with van der Waals surface area (Å²) < 4.78 is 0. The molecule has 1 aliphatic heterocycles. The molecule has 1 unspecified atom stereocenters. The largest absolute Gasteiger partial charge is 0.351 e. The van der Waals surface area contributed by atoms with Gasteiger partial charge >= 0.3 is 0 Å². The summed E-state index contributed by atoms with van der Waals surface area (Å²) in [5, 5.41) is 6.69. The topological polar surface area (TPSA) is 41.1 Å². The second kappa shape index (κ2) is 5.80. The number of carbonyl (C=O) groups is 1. The van der Waals surface area contributed by atoms with Gasteiger partial charge in [-0.15, -0.1) is 0 Å². The number of fused-ring (bicyclic) bond motifs is 1. The van der Waals surface area contributed by atoms with E-state index < -0.39 is 0 Å². The Balaban J connectivity index is 1.64. The van der Waals surface area contributed by atoms with Gasteiger partial charge in [-0.2, -0.15) is 0 Å². The van der Waals surface area contributed by atoms with Crippen molar-refractivity contribution in [3.05, 3.63) is 35.4 Å². The maximum absolute atomic E-state index is 12.6. The lowest BCUT2D eigenvalue weighted by molar-refractivity contribution is -0.125. The van der Waals surface area contributed by atoms with Crippen molar-refractivity contribution in [1.29, 1.82) is 0 Å². The van der Waals surface area contributed by atoms with Crippen LogP contribution in [0.2, 0.25) is 0 Å². The van der Waals surface area contributed by atoms with Crippen molar-refractivity contribution in [3.8, 4) is 0 Å². The molecule has 1 heterocycles. The maximum Gasteiger partial charge on any atom is 0.237 e. The van der Waals surface area contributed by atoms with Crippen LogP contribution in [0.25, 0.3) is 0 Å². The zero-order valence-electron chi connectivity index (χ0n) is 13.1. The van der Waals surface area contributed by atoms with E-state index in [1.165, 1.54) is 30.4 Å². The first kappa shape index (κ1) is 14.6. The van der Waals surface area contributed by atoms with Crippen LogP contribution >= 0.6 is 0 Å². The minimum absolute atomic E-state index is 0.0855. The van der Waals surface area contributed by atoms with E-state index in [4.69, 9.17) is 0 Å². The molecule has 1 aromatic rings. The molecule has 2 N–H and O–H groups in total. The van der Waals surface area contributed by atoms with E-state index in [0.29, 0.717) is 6.04 Å². The Labute approximate surface area is 127 Å². The fourth-order valence-electron chi connectivity index (χ4n) is 3.67. The number of amides is 1. The van der Waals surface area contributed by atoms with Crippen LogP contribution in [0.1, 0.15) is 50.7 Å². The summed E-state index contributed by atoms with van der Waals surface area (Å²) in [5.41, 5.74) is 2.85. The van der Waals surface area contributed by atoms with Crippen LogP contribution in [0.4, 0.5) is 0 Å². The number of nitrogens with one attached hydrogen (secondary N) is 2. The third-order valence-corrected chi connectivity index (χ3v) is 5.22. The highest BCUT2D eigenvalue weighted by molar-refractivity contribution is 5.82. The molecule has 1 amide bonds. The highest BCUT2D eigenvalue weighted by Gasteiger charge is 2.35. The maximum atomic E-state index is 12.6. The average molecular weight is 286 g/mol. The molecule has 0 bridgehead atoms. The first-order valence-electron chi connectivity index (χ1n) is 8.17. The van der Waals surface area contributed by atoms with Crippen LogP contribution in [0.5, 0.6) is 0 Å². The summed E-state index contributed by atoms with van der Waals surface area (Å²) in [6, 6.07) is 8.63. The predicted molar refractivity (Wildman–Crippen MR) is 85.0 cm³/mol. The minimum atomic E-state index is -0.0855. The van der Waals surface area contributed by atoms with E-state index in [1.807, 2.05) is 0 Å². The molecule has 114 valence electrons. The summed E-state index contributed by atoms with van der Waals surface area (Å²) in [6.07, 6.45) is 5.64. The van der Waals surface area contributed by atoms with E-state index >= 15 is 0 Å². The molecule has 1 saturated carbocycles. The molecule has 0 aromatic heterocycles. The van der Waals surface area contributed by atoms with Crippen molar-refractivity contribution in [3.63, 3.8) is 0 Å². The van der Waals surface area contributed by atoms with Gasteiger partial charge in [0.1, 0.15) is 0 Å². The molecule has 2 aliphatic rings. The van der Waals surface area contributed by atoms with Crippen LogP contribution in [0.15, 0.2) is 24.3 Å². The lowest BCUT2D eigenvalue weighted by Crippen LogP contribution is -2.54. The molecule has 3 heteroatoms. The first-order chi connectivity index (χ1) is 10.1. The van der Waals surface area contributed by atoms with Crippen LogP contribution in [-0.4, -0.2) is 18.0 Å². The van der Waals surface area contributed by atoms with Gasteiger partial charge in [-0.3, -0.25) is 4.79 Å². The summed E-state index contributed by atoms with van der Waals surface area (Å²) in [5.74, 6) is 0.171.